The van der Waals surface area contributed by atoms with Gasteiger partial charge < -0.3 is 10.1 Å². The maximum absolute atomic E-state index is 12.6. The van der Waals surface area contributed by atoms with Crippen molar-refractivity contribution in [2.45, 2.75) is 49.0 Å². The third-order valence-corrected chi connectivity index (χ3v) is 5.73. The van der Waals surface area contributed by atoms with E-state index in [1.807, 2.05) is 12.1 Å². The van der Waals surface area contributed by atoms with Crippen molar-refractivity contribution in [2.75, 3.05) is 5.32 Å². The van der Waals surface area contributed by atoms with E-state index in [1.54, 1.807) is 6.20 Å². The van der Waals surface area contributed by atoms with E-state index < -0.39 is 20.5 Å². The zero-order chi connectivity index (χ0) is 18.6. The first kappa shape index (κ1) is 18.6. The lowest BCUT2D eigenvalue weighted by atomic mass is 10.2. The molecule has 0 unspecified atom stereocenters. The number of anilines is 1. The van der Waals surface area contributed by atoms with Crippen molar-refractivity contribution < 1.29 is 21.9 Å². The first-order valence-corrected chi connectivity index (χ1v) is 9.98. The number of nitrogens with zero attached hydrogens (tertiary/aromatic N) is 1. The molecule has 1 fully saturated rings. The van der Waals surface area contributed by atoms with Crippen LogP contribution in [0.4, 0.5) is 14.5 Å². The minimum Gasteiger partial charge on any atom is -0.474 e. The molecule has 0 aliphatic heterocycles. The van der Waals surface area contributed by atoms with Gasteiger partial charge in [-0.15, -0.1) is 0 Å². The van der Waals surface area contributed by atoms with E-state index >= 15 is 0 Å². The van der Waals surface area contributed by atoms with Gasteiger partial charge in [-0.3, -0.25) is 0 Å². The Morgan fingerprint density at radius 3 is 2.50 bits per heavy atom. The third-order valence-electron chi connectivity index (χ3n) is 4.33. The molecule has 0 atom stereocenters. The maximum atomic E-state index is 12.6. The SMILES string of the molecule is O=S(=O)(c1ccc(NCc2cccnc2OC2CCCC2)cc1)C(F)F. The average Bonchev–Trinajstić information content (AvgIpc) is 3.14. The van der Waals surface area contributed by atoms with Crippen LogP contribution in [0.2, 0.25) is 0 Å². The van der Waals surface area contributed by atoms with Gasteiger partial charge in [0.15, 0.2) is 0 Å². The Morgan fingerprint density at radius 1 is 1.15 bits per heavy atom. The third kappa shape index (κ3) is 4.30. The Bertz CT molecular complexity index is 836. The number of pyridine rings is 1. The Hall–Kier alpha value is -2.22. The van der Waals surface area contributed by atoms with Crippen LogP contribution < -0.4 is 10.1 Å². The van der Waals surface area contributed by atoms with Gasteiger partial charge >= 0.3 is 5.76 Å². The van der Waals surface area contributed by atoms with Gasteiger partial charge in [-0.1, -0.05) is 6.07 Å². The zero-order valence-electron chi connectivity index (χ0n) is 14.1. The lowest BCUT2D eigenvalue weighted by Crippen LogP contribution is -2.14. The Balaban J connectivity index is 1.66. The van der Waals surface area contributed by atoms with Crippen LogP contribution in [0.1, 0.15) is 31.2 Å². The van der Waals surface area contributed by atoms with Crippen molar-refractivity contribution in [1.82, 2.24) is 4.98 Å². The molecule has 1 aliphatic carbocycles. The van der Waals surface area contributed by atoms with Gasteiger partial charge in [-0.25, -0.2) is 13.4 Å². The van der Waals surface area contributed by atoms with Crippen LogP contribution in [0.3, 0.4) is 0 Å². The summed E-state index contributed by atoms with van der Waals surface area (Å²) >= 11 is 0. The monoisotopic (exact) mass is 382 g/mol. The predicted octanol–water partition coefficient (Wildman–Crippen LogP) is 4.01. The van der Waals surface area contributed by atoms with Gasteiger partial charge in [-0.2, -0.15) is 8.78 Å². The number of benzene rings is 1. The smallest absolute Gasteiger partial charge is 0.341 e. The van der Waals surface area contributed by atoms with Crippen molar-refractivity contribution in [1.29, 1.82) is 0 Å². The average molecular weight is 382 g/mol. The second-order valence-electron chi connectivity index (χ2n) is 6.18. The van der Waals surface area contributed by atoms with E-state index in [0.29, 0.717) is 18.1 Å². The number of nitrogens with one attached hydrogen (secondary N) is 1. The molecule has 0 radical (unpaired) electrons. The van der Waals surface area contributed by atoms with Crippen molar-refractivity contribution >= 4 is 15.5 Å². The number of halogens is 2. The molecule has 140 valence electrons. The molecule has 0 amide bonds. The van der Waals surface area contributed by atoms with E-state index in [2.05, 4.69) is 10.3 Å². The highest BCUT2D eigenvalue weighted by Gasteiger charge is 2.26. The van der Waals surface area contributed by atoms with Crippen molar-refractivity contribution in [3.63, 3.8) is 0 Å². The maximum Gasteiger partial charge on any atom is 0.341 e. The molecule has 1 N–H and O–H groups in total. The largest absolute Gasteiger partial charge is 0.474 e. The Kier molecular flexibility index (Phi) is 5.70. The van der Waals surface area contributed by atoms with Gasteiger partial charge in [0.05, 0.1) is 4.90 Å². The van der Waals surface area contributed by atoms with E-state index in [9.17, 15) is 17.2 Å². The summed E-state index contributed by atoms with van der Waals surface area (Å²) in [7, 11) is -4.57. The fraction of sp³-hybridized carbons (Fsp3) is 0.389. The van der Waals surface area contributed by atoms with Crippen molar-refractivity contribution in [3.05, 3.63) is 48.2 Å². The summed E-state index contributed by atoms with van der Waals surface area (Å²) in [6.45, 7) is 0.427. The molecular weight excluding hydrogens is 362 g/mol. The van der Waals surface area contributed by atoms with E-state index in [1.165, 1.54) is 37.1 Å². The summed E-state index contributed by atoms with van der Waals surface area (Å²) in [5.41, 5.74) is 1.50. The first-order chi connectivity index (χ1) is 12.5. The Labute approximate surface area is 151 Å². The number of hydrogen-bond donors (Lipinski definition) is 1. The zero-order valence-corrected chi connectivity index (χ0v) is 14.9. The molecule has 0 bridgehead atoms. The lowest BCUT2D eigenvalue weighted by Gasteiger charge is -2.16. The van der Waals surface area contributed by atoms with E-state index in [0.717, 1.165) is 18.4 Å². The summed E-state index contributed by atoms with van der Waals surface area (Å²) in [5.74, 6) is -2.84. The highest BCUT2D eigenvalue weighted by molar-refractivity contribution is 7.91. The second kappa shape index (κ2) is 7.99. The number of hydrogen-bond acceptors (Lipinski definition) is 5. The van der Waals surface area contributed by atoms with Gasteiger partial charge in [-0.05, 0) is 56.0 Å². The van der Waals surface area contributed by atoms with Gasteiger partial charge in [0, 0.05) is 24.0 Å². The lowest BCUT2D eigenvalue weighted by molar-refractivity contribution is 0.199. The second-order valence-corrected chi connectivity index (χ2v) is 8.09. The molecule has 3 rings (SSSR count). The van der Waals surface area contributed by atoms with Gasteiger partial charge in [0.25, 0.3) is 0 Å². The van der Waals surface area contributed by atoms with E-state index in [-0.39, 0.29) is 6.10 Å². The fourth-order valence-corrected chi connectivity index (χ4v) is 3.61. The summed E-state index contributed by atoms with van der Waals surface area (Å²) in [4.78, 5) is 3.90. The van der Waals surface area contributed by atoms with Crippen LogP contribution in [-0.2, 0) is 16.4 Å². The molecule has 8 heteroatoms. The standard InChI is InChI=1S/C18H20F2N2O3S/c19-18(20)26(23,24)16-9-7-14(8-10-16)22-12-13-4-3-11-21-17(13)25-15-5-1-2-6-15/h3-4,7-11,15,18,22H,1-2,5-6,12H2. The number of ether oxygens (including phenoxy) is 1. The van der Waals surface area contributed by atoms with Crippen LogP contribution >= 0.6 is 0 Å². The van der Waals surface area contributed by atoms with E-state index in [4.69, 9.17) is 4.74 Å². The Morgan fingerprint density at radius 2 is 1.85 bits per heavy atom. The predicted molar refractivity (Wildman–Crippen MR) is 94.1 cm³/mol. The molecule has 1 aliphatic rings. The highest BCUT2D eigenvalue weighted by Crippen LogP contribution is 2.26. The van der Waals surface area contributed by atoms with Crippen LogP contribution in [0.15, 0.2) is 47.5 Å². The number of sulfone groups is 1. The first-order valence-electron chi connectivity index (χ1n) is 8.43. The quantitative estimate of drug-likeness (QED) is 0.784. The molecule has 5 nitrogen and oxygen atoms in total. The molecule has 1 aromatic carbocycles. The highest BCUT2D eigenvalue weighted by atomic mass is 32.2. The van der Waals surface area contributed by atoms with Crippen molar-refractivity contribution in [3.8, 4) is 5.88 Å². The fourth-order valence-electron chi connectivity index (χ4n) is 2.89. The molecule has 1 heterocycles. The van der Waals surface area contributed by atoms with Crippen molar-refractivity contribution in [2.24, 2.45) is 0 Å². The topological polar surface area (TPSA) is 68.3 Å². The van der Waals surface area contributed by atoms with Crippen LogP contribution in [0.5, 0.6) is 5.88 Å². The van der Waals surface area contributed by atoms with Crippen LogP contribution in [-0.4, -0.2) is 25.3 Å². The summed E-state index contributed by atoms with van der Waals surface area (Å²) in [6, 6.07) is 8.98. The molecule has 26 heavy (non-hydrogen) atoms. The molecule has 0 spiro atoms. The molecule has 2 aromatic rings. The molecule has 1 aromatic heterocycles. The van der Waals surface area contributed by atoms with Crippen LogP contribution in [0.25, 0.3) is 0 Å². The molecule has 1 saturated carbocycles. The number of rotatable bonds is 7. The van der Waals surface area contributed by atoms with Crippen LogP contribution in [0, 0.1) is 0 Å². The number of alkyl halides is 2. The number of aromatic nitrogens is 1. The summed E-state index contributed by atoms with van der Waals surface area (Å²) in [6.07, 6.45) is 6.27. The van der Waals surface area contributed by atoms with Gasteiger partial charge in [0.2, 0.25) is 15.7 Å². The van der Waals surface area contributed by atoms with Gasteiger partial charge in [0.1, 0.15) is 6.10 Å². The molecule has 0 saturated heterocycles. The summed E-state index contributed by atoms with van der Waals surface area (Å²) < 4.78 is 54.0. The summed E-state index contributed by atoms with van der Waals surface area (Å²) in [5, 5.41) is 3.13. The normalized spacial score (nSPS) is 15.3. The minimum atomic E-state index is -4.57. The minimum absolute atomic E-state index is 0.197. The molecular formula is C18H20F2N2O3S.